The van der Waals surface area contributed by atoms with E-state index in [2.05, 4.69) is 4.98 Å². The molecule has 2 aromatic carbocycles. The van der Waals surface area contributed by atoms with Gasteiger partial charge in [-0.15, -0.1) is 0 Å². The number of carbonyl (C=O) groups is 1. The number of oxazole rings is 1. The smallest absolute Gasteiger partial charge is 0.308 e. The van der Waals surface area contributed by atoms with Crippen molar-refractivity contribution in [3.8, 4) is 28.5 Å². The predicted molar refractivity (Wildman–Crippen MR) is 78.7 cm³/mol. The van der Waals surface area contributed by atoms with Crippen LogP contribution >= 0.6 is 0 Å². The molecule has 0 spiro atoms. The van der Waals surface area contributed by atoms with Gasteiger partial charge in [0.25, 0.3) is 0 Å². The highest BCUT2D eigenvalue weighted by atomic mass is 16.5. The summed E-state index contributed by atoms with van der Waals surface area (Å²) in [5.74, 6) is 1.41. The first kappa shape index (κ1) is 13.1. The average Bonchev–Trinajstić information content (AvgIpc) is 2.98. The third-order valence-corrected chi connectivity index (χ3v) is 2.93. The highest BCUT2D eigenvalue weighted by Crippen LogP contribution is 2.27. The van der Waals surface area contributed by atoms with E-state index in [4.69, 9.17) is 9.15 Å². The normalized spacial score (nSPS) is 10.3. The number of esters is 1. The number of carbonyl (C=O) groups excluding carboxylic acids is 1. The van der Waals surface area contributed by atoms with Crippen LogP contribution in [0.3, 0.4) is 0 Å². The van der Waals surface area contributed by atoms with Crippen LogP contribution in [0.5, 0.6) is 5.75 Å². The zero-order chi connectivity index (χ0) is 14.7. The molecule has 0 aliphatic carbocycles. The number of aromatic nitrogens is 1. The van der Waals surface area contributed by atoms with Crippen LogP contribution in [0.15, 0.2) is 65.2 Å². The molecule has 104 valence electrons. The summed E-state index contributed by atoms with van der Waals surface area (Å²) in [7, 11) is 0. The van der Waals surface area contributed by atoms with Crippen molar-refractivity contribution in [3.63, 3.8) is 0 Å². The first-order valence-electron chi connectivity index (χ1n) is 6.52. The van der Waals surface area contributed by atoms with Gasteiger partial charge >= 0.3 is 5.97 Å². The maximum absolute atomic E-state index is 10.9. The van der Waals surface area contributed by atoms with Crippen molar-refractivity contribution < 1.29 is 13.9 Å². The Kier molecular flexibility index (Phi) is 3.51. The zero-order valence-corrected chi connectivity index (χ0v) is 11.4. The first-order valence-corrected chi connectivity index (χ1v) is 6.52. The minimum Gasteiger partial charge on any atom is -0.436 e. The minimum absolute atomic E-state index is 0.342. The van der Waals surface area contributed by atoms with Gasteiger partial charge in [0.05, 0.1) is 6.20 Å². The van der Waals surface area contributed by atoms with Gasteiger partial charge in [-0.2, -0.15) is 0 Å². The molecule has 0 radical (unpaired) electrons. The average molecular weight is 279 g/mol. The van der Waals surface area contributed by atoms with E-state index >= 15 is 0 Å². The maximum Gasteiger partial charge on any atom is 0.308 e. The topological polar surface area (TPSA) is 52.3 Å². The van der Waals surface area contributed by atoms with E-state index in [-0.39, 0.29) is 5.97 Å². The minimum atomic E-state index is -0.342. The standard InChI is InChI=1S/C17H13NO3/c1-12(19)20-15-9-7-14(8-10-15)17-18-11-16(21-17)13-5-3-2-4-6-13/h2-11H,1H3. The van der Waals surface area contributed by atoms with Crippen LogP contribution in [0.25, 0.3) is 22.8 Å². The van der Waals surface area contributed by atoms with Gasteiger partial charge in [-0.05, 0) is 24.3 Å². The van der Waals surface area contributed by atoms with E-state index < -0.39 is 0 Å². The number of hydrogen-bond acceptors (Lipinski definition) is 4. The van der Waals surface area contributed by atoms with Crippen LogP contribution in [0, 0.1) is 0 Å². The largest absolute Gasteiger partial charge is 0.436 e. The van der Waals surface area contributed by atoms with Crippen molar-refractivity contribution in [3.05, 3.63) is 60.8 Å². The Balaban J connectivity index is 1.85. The Morgan fingerprint density at radius 1 is 1.00 bits per heavy atom. The lowest BCUT2D eigenvalue weighted by molar-refractivity contribution is -0.131. The van der Waals surface area contributed by atoms with Gasteiger partial charge in [-0.25, -0.2) is 4.98 Å². The Morgan fingerprint density at radius 2 is 1.71 bits per heavy atom. The van der Waals surface area contributed by atoms with Gasteiger partial charge in [0.2, 0.25) is 5.89 Å². The fourth-order valence-electron chi connectivity index (χ4n) is 1.97. The molecule has 0 unspecified atom stereocenters. The molecule has 1 aromatic heterocycles. The highest BCUT2D eigenvalue weighted by Gasteiger charge is 2.08. The van der Waals surface area contributed by atoms with Crippen molar-refractivity contribution in [1.29, 1.82) is 0 Å². The molecule has 0 aliphatic rings. The molecule has 4 nitrogen and oxygen atoms in total. The van der Waals surface area contributed by atoms with E-state index in [1.54, 1.807) is 30.5 Å². The number of rotatable bonds is 3. The lowest BCUT2D eigenvalue weighted by Crippen LogP contribution is -2.00. The maximum atomic E-state index is 10.9. The van der Waals surface area contributed by atoms with Gasteiger partial charge in [0.1, 0.15) is 5.75 Å². The second kappa shape index (κ2) is 5.63. The van der Waals surface area contributed by atoms with Crippen LogP contribution in [-0.4, -0.2) is 11.0 Å². The molecule has 0 amide bonds. The van der Waals surface area contributed by atoms with Gasteiger partial charge < -0.3 is 9.15 Å². The third-order valence-electron chi connectivity index (χ3n) is 2.93. The third kappa shape index (κ3) is 3.00. The van der Waals surface area contributed by atoms with E-state index in [1.807, 2.05) is 30.3 Å². The van der Waals surface area contributed by atoms with Gasteiger partial charge in [0, 0.05) is 18.1 Å². The van der Waals surface area contributed by atoms with Crippen LogP contribution in [0.1, 0.15) is 6.92 Å². The van der Waals surface area contributed by atoms with Crippen molar-refractivity contribution >= 4 is 5.97 Å². The molecule has 0 bridgehead atoms. The van der Waals surface area contributed by atoms with Gasteiger partial charge in [-0.3, -0.25) is 4.79 Å². The van der Waals surface area contributed by atoms with E-state index in [0.29, 0.717) is 11.6 Å². The summed E-state index contributed by atoms with van der Waals surface area (Å²) in [5, 5.41) is 0. The Hall–Kier alpha value is -2.88. The van der Waals surface area contributed by atoms with E-state index in [1.165, 1.54) is 6.92 Å². The van der Waals surface area contributed by atoms with Crippen molar-refractivity contribution in [2.45, 2.75) is 6.92 Å². The molecule has 3 aromatic rings. The molecule has 1 heterocycles. The second-order valence-electron chi connectivity index (χ2n) is 4.51. The second-order valence-corrected chi connectivity index (χ2v) is 4.51. The molecule has 3 rings (SSSR count). The molecule has 0 atom stereocenters. The number of ether oxygens (including phenoxy) is 1. The molecular formula is C17H13NO3. The van der Waals surface area contributed by atoms with Crippen molar-refractivity contribution in [2.24, 2.45) is 0 Å². The number of benzene rings is 2. The summed E-state index contributed by atoms with van der Waals surface area (Å²) in [6.07, 6.45) is 1.70. The van der Waals surface area contributed by atoms with Crippen molar-refractivity contribution in [1.82, 2.24) is 4.98 Å². The van der Waals surface area contributed by atoms with Crippen LogP contribution in [0.2, 0.25) is 0 Å². The summed E-state index contributed by atoms with van der Waals surface area (Å²) in [5.41, 5.74) is 1.81. The lowest BCUT2D eigenvalue weighted by Gasteiger charge is -2.01. The summed E-state index contributed by atoms with van der Waals surface area (Å²) < 4.78 is 10.7. The Morgan fingerprint density at radius 3 is 2.38 bits per heavy atom. The van der Waals surface area contributed by atoms with Crippen LogP contribution in [0.4, 0.5) is 0 Å². The molecule has 0 saturated heterocycles. The lowest BCUT2D eigenvalue weighted by atomic mass is 10.2. The van der Waals surface area contributed by atoms with Gasteiger partial charge in [-0.1, -0.05) is 30.3 Å². The quantitative estimate of drug-likeness (QED) is 0.538. The van der Waals surface area contributed by atoms with Crippen LogP contribution < -0.4 is 4.74 Å². The Bertz CT molecular complexity index is 745. The Labute approximate surface area is 122 Å². The monoisotopic (exact) mass is 279 g/mol. The molecule has 21 heavy (non-hydrogen) atoms. The molecular weight excluding hydrogens is 266 g/mol. The molecule has 0 saturated carbocycles. The SMILES string of the molecule is CC(=O)Oc1ccc(-c2ncc(-c3ccccc3)o2)cc1. The summed E-state index contributed by atoms with van der Waals surface area (Å²) in [6.45, 7) is 1.37. The fraction of sp³-hybridized carbons (Fsp3) is 0.0588. The van der Waals surface area contributed by atoms with E-state index in [0.717, 1.165) is 16.9 Å². The van der Waals surface area contributed by atoms with E-state index in [9.17, 15) is 4.79 Å². The molecule has 0 aliphatic heterocycles. The first-order chi connectivity index (χ1) is 10.2. The fourth-order valence-corrected chi connectivity index (χ4v) is 1.97. The number of nitrogens with zero attached hydrogens (tertiary/aromatic N) is 1. The molecule has 0 fully saturated rings. The summed E-state index contributed by atoms with van der Waals surface area (Å²) >= 11 is 0. The molecule has 4 heteroatoms. The predicted octanol–water partition coefficient (Wildman–Crippen LogP) is 3.93. The number of hydrogen-bond donors (Lipinski definition) is 0. The van der Waals surface area contributed by atoms with Crippen LogP contribution in [-0.2, 0) is 4.79 Å². The summed E-state index contributed by atoms with van der Waals surface area (Å²) in [6, 6.07) is 16.8. The van der Waals surface area contributed by atoms with Crippen molar-refractivity contribution in [2.75, 3.05) is 0 Å². The zero-order valence-electron chi connectivity index (χ0n) is 11.4. The summed E-state index contributed by atoms with van der Waals surface area (Å²) in [4.78, 5) is 15.2. The highest BCUT2D eigenvalue weighted by molar-refractivity contribution is 5.69. The molecule has 0 N–H and O–H groups in total. The van der Waals surface area contributed by atoms with Gasteiger partial charge in [0.15, 0.2) is 5.76 Å².